The average molecular weight is 249 g/mol. The van der Waals surface area contributed by atoms with Crippen molar-refractivity contribution in [3.05, 3.63) is 35.9 Å². The van der Waals surface area contributed by atoms with Gasteiger partial charge < -0.3 is 4.90 Å². The highest BCUT2D eigenvalue weighted by atomic mass is 32.2. The molecular weight excluding hydrogens is 230 g/mol. The van der Waals surface area contributed by atoms with Gasteiger partial charge in [0.25, 0.3) is 0 Å². The third-order valence-electron chi connectivity index (χ3n) is 3.28. The first-order valence-electron chi connectivity index (χ1n) is 6.13. The van der Waals surface area contributed by atoms with E-state index in [0.717, 1.165) is 25.8 Å². The standard InChI is InChI=1S/C14H19NOS/c1-17-11-14(16)15-9-5-8-13(15)10-12-6-3-2-4-7-12/h2-4,6-7,13H,5,8-11H2,1H3. The molecule has 0 aliphatic carbocycles. The Labute approximate surface area is 107 Å². The van der Waals surface area contributed by atoms with E-state index in [4.69, 9.17) is 0 Å². The zero-order chi connectivity index (χ0) is 12.1. The van der Waals surface area contributed by atoms with E-state index in [-0.39, 0.29) is 0 Å². The summed E-state index contributed by atoms with van der Waals surface area (Å²) < 4.78 is 0. The molecule has 0 radical (unpaired) electrons. The van der Waals surface area contributed by atoms with Crippen molar-refractivity contribution in [1.29, 1.82) is 0 Å². The summed E-state index contributed by atoms with van der Waals surface area (Å²) in [5.74, 6) is 0.918. The fourth-order valence-corrected chi connectivity index (χ4v) is 2.88. The quantitative estimate of drug-likeness (QED) is 0.817. The van der Waals surface area contributed by atoms with Crippen LogP contribution in [0.15, 0.2) is 30.3 Å². The first-order valence-corrected chi connectivity index (χ1v) is 7.53. The number of hydrogen-bond acceptors (Lipinski definition) is 2. The number of carbonyl (C=O) groups is 1. The molecule has 1 unspecified atom stereocenters. The normalized spacial score (nSPS) is 19.6. The number of amides is 1. The molecule has 0 aromatic heterocycles. The number of hydrogen-bond donors (Lipinski definition) is 0. The van der Waals surface area contributed by atoms with Gasteiger partial charge in [-0.1, -0.05) is 30.3 Å². The van der Waals surface area contributed by atoms with Crippen LogP contribution in [0.25, 0.3) is 0 Å². The van der Waals surface area contributed by atoms with Gasteiger partial charge in [-0.15, -0.1) is 0 Å². The number of rotatable bonds is 4. The molecule has 0 spiro atoms. The number of thioether (sulfide) groups is 1. The molecule has 1 aliphatic heterocycles. The van der Waals surface area contributed by atoms with Crippen LogP contribution in [0.3, 0.4) is 0 Å². The third-order valence-corrected chi connectivity index (χ3v) is 3.82. The topological polar surface area (TPSA) is 20.3 Å². The summed E-state index contributed by atoms with van der Waals surface area (Å²) in [4.78, 5) is 14.0. The maximum Gasteiger partial charge on any atom is 0.232 e. The predicted octanol–water partition coefficient (Wildman–Crippen LogP) is 2.58. The number of likely N-dealkylation sites (tertiary alicyclic amines) is 1. The van der Waals surface area contributed by atoms with Crippen molar-refractivity contribution in [3.63, 3.8) is 0 Å². The molecule has 0 N–H and O–H groups in total. The van der Waals surface area contributed by atoms with Crippen molar-refractivity contribution in [2.75, 3.05) is 18.6 Å². The molecule has 3 heteroatoms. The number of carbonyl (C=O) groups excluding carboxylic acids is 1. The summed E-state index contributed by atoms with van der Waals surface area (Å²) in [6.45, 7) is 0.941. The molecule has 0 saturated carbocycles. The molecule has 1 amide bonds. The van der Waals surface area contributed by atoms with Crippen LogP contribution >= 0.6 is 11.8 Å². The molecule has 1 aromatic rings. The minimum absolute atomic E-state index is 0.302. The van der Waals surface area contributed by atoms with Crippen LogP contribution in [-0.4, -0.2) is 35.4 Å². The van der Waals surface area contributed by atoms with Gasteiger partial charge in [0.1, 0.15) is 0 Å². The smallest absolute Gasteiger partial charge is 0.232 e. The van der Waals surface area contributed by atoms with Gasteiger partial charge in [0.15, 0.2) is 0 Å². The highest BCUT2D eigenvalue weighted by molar-refractivity contribution is 7.99. The molecule has 1 heterocycles. The van der Waals surface area contributed by atoms with Gasteiger partial charge in [0.2, 0.25) is 5.91 Å². The molecule has 1 saturated heterocycles. The van der Waals surface area contributed by atoms with E-state index < -0.39 is 0 Å². The minimum atomic E-state index is 0.302. The summed E-state index contributed by atoms with van der Waals surface area (Å²) in [6, 6.07) is 10.9. The summed E-state index contributed by atoms with van der Waals surface area (Å²) in [5.41, 5.74) is 1.33. The highest BCUT2D eigenvalue weighted by Crippen LogP contribution is 2.21. The molecule has 0 bridgehead atoms. The van der Waals surface area contributed by atoms with Gasteiger partial charge >= 0.3 is 0 Å². The van der Waals surface area contributed by atoms with Crippen LogP contribution in [0, 0.1) is 0 Å². The van der Waals surface area contributed by atoms with Crippen molar-refractivity contribution in [3.8, 4) is 0 Å². The van der Waals surface area contributed by atoms with Gasteiger partial charge in [-0.05, 0) is 31.1 Å². The lowest BCUT2D eigenvalue weighted by atomic mass is 10.0. The monoisotopic (exact) mass is 249 g/mol. The van der Waals surface area contributed by atoms with Gasteiger partial charge in [-0.25, -0.2) is 0 Å². The minimum Gasteiger partial charge on any atom is -0.339 e. The third kappa shape index (κ3) is 3.25. The van der Waals surface area contributed by atoms with Crippen LogP contribution in [0.1, 0.15) is 18.4 Å². The van der Waals surface area contributed by atoms with Crippen LogP contribution < -0.4 is 0 Å². The maximum atomic E-state index is 12.0. The van der Waals surface area contributed by atoms with Crippen LogP contribution in [-0.2, 0) is 11.2 Å². The molecular formula is C14H19NOS. The summed E-state index contributed by atoms with van der Waals surface area (Å²) >= 11 is 1.61. The fourth-order valence-electron chi connectivity index (χ4n) is 2.47. The van der Waals surface area contributed by atoms with Crippen molar-refractivity contribution >= 4 is 17.7 Å². The highest BCUT2D eigenvalue weighted by Gasteiger charge is 2.27. The number of nitrogens with zero attached hydrogens (tertiary/aromatic N) is 1. The second kappa shape index (κ2) is 6.10. The van der Waals surface area contributed by atoms with Gasteiger partial charge in [-0.2, -0.15) is 11.8 Å². The molecule has 17 heavy (non-hydrogen) atoms. The Morgan fingerprint density at radius 3 is 2.88 bits per heavy atom. The Hall–Kier alpha value is -0.960. The largest absolute Gasteiger partial charge is 0.339 e. The average Bonchev–Trinajstić information content (AvgIpc) is 2.79. The predicted molar refractivity (Wildman–Crippen MR) is 73.3 cm³/mol. The molecule has 2 rings (SSSR count). The maximum absolute atomic E-state index is 12.0. The van der Waals surface area contributed by atoms with Gasteiger partial charge in [-0.3, -0.25) is 4.79 Å². The first kappa shape index (κ1) is 12.5. The molecule has 1 atom stereocenters. The van der Waals surface area contributed by atoms with E-state index in [9.17, 15) is 4.79 Å². The second-order valence-electron chi connectivity index (χ2n) is 4.51. The summed E-state index contributed by atoms with van der Waals surface area (Å²) in [5, 5.41) is 0. The van der Waals surface area contributed by atoms with E-state index in [2.05, 4.69) is 29.2 Å². The molecule has 1 aliphatic rings. The van der Waals surface area contributed by atoms with E-state index in [1.807, 2.05) is 12.3 Å². The Bertz CT molecular complexity index is 366. The Morgan fingerprint density at radius 2 is 2.18 bits per heavy atom. The zero-order valence-electron chi connectivity index (χ0n) is 10.3. The lowest BCUT2D eigenvalue weighted by Crippen LogP contribution is -2.37. The molecule has 1 fully saturated rings. The zero-order valence-corrected chi connectivity index (χ0v) is 11.1. The molecule has 2 nitrogen and oxygen atoms in total. The Morgan fingerprint density at radius 1 is 1.41 bits per heavy atom. The van der Waals surface area contributed by atoms with E-state index >= 15 is 0 Å². The second-order valence-corrected chi connectivity index (χ2v) is 5.37. The van der Waals surface area contributed by atoms with E-state index in [1.165, 1.54) is 5.56 Å². The summed E-state index contributed by atoms with van der Waals surface area (Å²) in [7, 11) is 0. The molecule has 1 aromatic carbocycles. The fraction of sp³-hybridized carbons (Fsp3) is 0.500. The van der Waals surface area contributed by atoms with Crippen molar-refractivity contribution in [2.24, 2.45) is 0 Å². The van der Waals surface area contributed by atoms with Crippen molar-refractivity contribution in [1.82, 2.24) is 4.90 Å². The van der Waals surface area contributed by atoms with Crippen LogP contribution in [0.5, 0.6) is 0 Å². The SMILES string of the molecule is CSCC(=O)N1CCCC1Cc1ccccc1. The van der Waals surface area contributed by atoms with E-state index in [0.29, 0.717) is 17.7 Å². The van der Waals surface area contributed by atoms with Crippen LogP contribution in [0.2, 0.25) is 0 Å². The van der Waals surface area contributed by atoms with Crippen molar-refractivity contribution in [2.45, 2.75) is 25.3 Å². The van der Waals surface area contributed by atoms with Gasteiger partial charge in [0, 0.05) is 12.6 Å². The lowest BCUT2D eigenvalue weighted by molar-refractivity contribution is -0.129. The van der Waals surface area contributed by atoms with Crippen LogP contribution in [0.4, 0.5) is 0 Å². The summed E-state index contributed by atoms with van der Waals surface area (Å²) in [6.07, 6.45) is 5.29. The molecule has 92 valence electrons. The lowest BCUT2D eigenvalue weighted by Gasteiger charge is -2.24. The van der Waals surface area contributed by atoms with Gasteiger partial charge in [0.05, 0.1) is 5.75 Å². The Kier molecular flexibility index (Phi) is 4.49. The first-order chi connectivity index (χ1) is 8.31. The Balaban J connectivity index is 1.98. The van der Waals surface area contributed by atoms with Crippen molar-refractivity contribution < 1.29 is 4.79 Å². The van der Waals surface area contributed by atoms with E-state index in [1.54, 1.807) is 11.8 Å². The number of benzene rings is 1.